The van der Waals surface area contributed by atoms with Crippen LogP contribution in [0.2, 0.25) is 0 Å². The minimum Gasteiger partial charge on any atom is -0.493 e. The molecule has 1 fully saturated rings. The van der Waals surface area contributed by atoms with Gasteiger partial charge in [-0.1, -0.05) is 6.92 Å². The number of amides is 1. The number of halogens is 2. The first-order valence-electron chi connectivity index (χ1n) is 9.93. The van der Waals surface area contributed by atoms with Gasteiger partial charge in [0.05, 0.1) is 7.11 Å². The monoisotopic (exact) mass is 419 g/mol. The Balaban J connectivity index is 1.69. The Morgan fingerprint density at radius 1 is 1.10 bits per heavy atom. The van der Waals surface area contributed by atoms with E-state index in [2.05, 4.69) is 32.8 Å². The summed E-state index contributed by atoms with van der Waals surface area (Å²) in [4.78, 5) is 17.4. The molecule has 2 aromatic rings. The van der Waals surface area contributed by atoms with Gasteiger partial charge in [0.1, 0.15) is 0 Å². The van der Waals surface area contributed by atoms with E-state index in [1.807, 2.05) is 19.1 Å². The number of alkyl halides is 2. The molecule has 1 heterocycles. The molecular formula is C22H27F2N3O3. The van der Waals surface area contributed by atoms with Crippen molar-refractivity contribution in [3.05, 3.63) is 47.5 Å². The van der Waals surface area contributed by atoms with Crippen LogP contribution in [0.15, 0.2) is 36.4 Å². The van der Waals surface area contributed by atoms with Gasteiger partial charge in [-0.05, 0) is 55.4 Å². The first kappa shape index (κ1) is 21.8. The predicted octanol–water partition coefficient (Wildman–Crippen LogP) is 4.00. The Morgan fingerprint density at radius 3 is 2.43 bits per heavy atom. The van der Waals surface area contributed by atoms with Gasteiger partial charge < -0.3 is 24.6 Å². The van der Waals surface area contributed by atoms with Crippen molar-refractivity contribution in [2.24, 2.45) is 0 Å². The average molecular weight is 419 g/mol. The molecule has 0 saturated carbocycles. The van der Waals surface area contributed by atoms with Gasteiger partial charge in [0, 0.05) is 43.1 Å². The van der Waals surface area contributed by atoms with Crippen LogP contribution in [0.5, 0.6) is 11.5 Å². The summed E-state index contributed by atoms with van der Waals surface area (Å²) in [5.41, 5.74) is 3.07. The zero-order valence-electron chi connectivity index (χ0n) is 17.5. The molecule has 0 bridgehead atoms. The van der Waals surface area contributed by atoms with Crippen LogP contribution < -0.4 is 19.7 Å². The fourth-order valence-corrected chi connectivity index (χ4v) is 3.50. The fourth-order valence-electron chi connectivity index (χ4n) is 3.50. The summed E-state index contributed by atoms with van der Waals surface area (Å²) >= 11 is 0. The molecule has 0 unspecified atom stereocenters. The summed E-state index contributed by atoms with van der Waals surface area (Å²) in [6.45, 7) is 6.26. The number of carbonyl (C=O) groups is 1. The average Bonchev–Trinajstić information content (AvgIpc) is 2.75. The summed E-state index contributed by atoms with van der Waals surface area (Å²) in [6, 6.07) is 10.1. The number of likely N-dealkylation sites (N-methyl/N-ethyl adjacent to an activating group) is 1. The third-order valence-corrected chi connectivity index (χ3v) is 5.28. The Bertz CT molecular complexity index is 884. The zero-order valence-corrected chi connectivity index (χ0v) is 17.5. The molecule has 0 radical (unpaired) electrons. The molecule has 1 aliphatic rings. The molecular weight excluding hydrogens is 392 g/mol. The van der Waals surface area contributed by atoms with Crippen molar-refractivity contribution in [2.75, 3.05) is 50.1 Å². The molecule has 2 aromatic carbocycles. The predicted molar refractivity (Wildman–Crippen MR) is 113 cm³/mol. The van der Waals surface area contributed by atoms with Crippen molar-refractivity contribution in [1.29, 1.82) is 0 Å². The van der Waals surface area contributed by atoms with E-state index in [4.69, 9.17) is 4.74 Å². The summed E-state index contributed by atoms with van der Waals surface area (Å²) in [5.74, 6) is -0.404. The lowest BCUT2D eigenvalue weighted by molar-refractivity contribution is -0.0512. The molecule has 8 heteroatoms. The van der Waals surface area contributed by atoms with Gasteiger partial charge in [0.15, 0.2) is 11.5 Å². The highest BCUT2D eigenvalue weighted by Gasteiger charge is 2.18. The molecule has 1 saturated heterocycles. The number of anilines is 2. The SMILES string of the molecule is CCN1CCN(c2ccc(NC(=O)c3ccc(OC(F)F)c(OC)c3)c(C)c2)CC1. The number of hydrogen-bond donors (Lipinski definition) is 1. The van der Waals surface area contributed by atoms with Gasteiger partial charge in [-0.25, -0.2) is 0 Å². The summed E-state index contributed by atoms with van der Waals surface area (Å²) in [6.07, 6.45) is 0. The Labute approximate surface area is 175 Å². The lowest BCUT2D eigenvalue weighted by atomic mass is 10.1. The van der Waals surface area contributed by atoms with Crippen LogP contribution in [0.1, 0.15) is 22.8 Å². The molecule has 1 N–H and O–H groups in total. The van der Waals surface area contributed by atoms with Crippen LogP contribution in [0.4, 0.5) is 20.2 Å². The highest BCUT2D eigenvalue weighted by molar-refractivity contribution is 6.05. The van der Waals surface area contributed by atoms with Gasteiger partial charge in [0.25, 0.3) is 5.91 Å². The number of carbonyl (C=O) groups excluding carboxylic acids is 1. The number of nitrogens with one attached hydrogen (secondary N) is 1. The molecule has 6 nitrogen and oxygen atoms in total. The minimum atomic E-state index is -2.97. The first-order chi connectivity index (χ1) is 14.4. The van der Waals surface area contributed by atoms with Crippen molar-refractivity contribution in [3.8, 4) is 11.5 Å². The molecule has 1 aliphatic heterocycles. The highest BCUT2D eigenvalue weighted by Crippen LogP contribution is 2.30. The Kier molecular flexibility index (Phi) is 7.10. The van der Waals surface area contributed by atoms with Crippen molar-refractivity contribution in [2.45, 2.75) is 20.5 Å². The number of hydrogen-bond acceptors (Lipinski definition) is 5. The van der Waals surface area contributed by atoms with Crippen LogP contribution in [0.25, 0.3) is 0 Å². The Morgan fingerprint density at radius 2 is 1.83 bits per heavy atom. The third-order valence-electron chi connectivity index (χ3n) is 5.28. The zero-order chi connectivity index (χ0) is 21.7. The van der Waals surface area contributed by atoms with Gasteiger partial charge >= 0.3 is 6.61 Å². The van der Waals surface area contributed by atoms with E-state index < -0.39 is 6.61 Å². The first-order valence-corrected chi connectivity index (χ1v) is 9.93. The van der Waals surface area contributed by atoms with Crippen LogP contribution in [0, 0.1) is 6.92 Å². The number of aryl methyl sites for hydroxylation is 1. The fraction of sp³-hybridized carbons (Fsp3) is 0.409. The number of nitrogens with zero attached hydrogens (tertiary/aromatic N) is 2. The number of methoxy groups -OCH3 is 1. The molecule has 1 amide bonds. The number of piperazine rings is 1. The van der Waals surface area contributed by atoms with E-state index in [0.29, 0.717) is 5.69 Å². The maximum Gasteiger partial charge on any atom is 0.387 e. The maximum absolute atomic E-state index is 12.7. The molecule has 30 heavy (non-hydrogen) atoms. The van der Waals surface area contributed by atoms with Crippen LogP contribution >= 0.6 is 0 Å². The van der Waals surface area contributed by atoms with Crippen LogP contribution in [-0.4, -0.2) is 57.3 Å². The second-order valence-electron chi connectivity index (χ2n) is 7.12. The maximum atomic E-state index is 12.7. The number of rotatable bonds is 7. The minimum absolute atomic E-state index is 0.0706. The standard InChI is InChI=1S/C22H27F2N3O3/c1-4-26-9-11-27(12-10-26)17-6-7-18(15(2)13-17)25-21(28)16-5-8-19(30-22(23)24)20(14-16)29-3/h5-8,13-14,22H,4,9-12H2,1-3H3,(H,25,28). The molecule has 162 valence electrons. The summed E-state index contributed by atoms with van der Waals surface area (Å²) < 4.78 is 34.4. The van der Waals surface area contributed by atoms with Crippen molar-refractivity contribution in [1.82, 2.24) is 4.90 Å². The lowest BCUT2D eigenvalue weighted by Crippen LogP contribution is -2.46. The van der Waals surface area contributed by atoms with E-state index >= 15 is 0 Å². The third kappa shape index (κ3) is 5.18. The second kappa shape index (κ2) is 9.75. The van der Waals surface area contributed by atoms with Crippen molar-refractivity contribution >= 4 is 17.3 Å². The van der Waals surface area contributed by atoms with Crippen LogP contribution in [-0.2, 0) is 0 Å². The second-order valence-corrected chi connectivity index (χ2v) is 7.12. The number of benzene rings is 2. The molecule has 0 aliphatic carbocycles. The number of ether oxygens (including phenoxy) is 2. The van der Waals surface area contributed by atoms with Gasteiger partial charge in [-0.3, -0.25) is 4.79 Å². The van der Waals surface area contributed by atoms with Crippen molar-refractivity contribution < 1.29 is 23.0 Å². The normalized spacial score (nSPS) is 14.7. The van der Waals surface area contributed by atoms with Gasteiger partial charge in [-0.15, -0.1) is 0 Å². The largest absolute Gasteiger partial charge is 0.493 e. The van der Waals surface area contributed by atoms with E-state index in [-0.39, 0.29) is 23.0 Å². The molecule has 0 atom stereocenters. The van der Waals surface area contributed by atoms with E-state index in [0.717, 1.165) is 44.0 Å². The van der Waals surface area contributed by atoms with Crippen molar-refractivity contribution in [3.63, 3.8) is 0 Å². The smallest absolute Gasteiger partial charge is 0.387 e. The molecule has 3 rings (SSSR count). The summed E-state index contributed by atoms with van der Waals surface area (Å²) in [5, 5.41) is 2.87. The lowest BCUT2D eigenvalue weighted by Gasteiger charge is -2.35. The topological polar surface area (TPSA) is 54.0 Å². The van der Waals surface area contributed by atoms with E-state index in [9.17, 15) is 13.6 Å². The van der Waals surface area contributed by atoms with E-state index in [1.165, 1.54) is 25.3 Å². The molecule has 0 spiro atoms. The van der Waals surface area contributed by atoms with Gasteiger partial charge in [0.2, 0.25) is 0 Å². The highest BCUT2D eigenvalue weighted by atomic mass is 19.3. The Hall–Kier alpha value is -2.87. The molecule has 0 aromatic heterocycles. The van der Waals surface area contributed by atoms with E-state index in [1.54, 1.807) is 0 Å². The quantitative estimate of drug-likeness (QED) is 0.735. The van der Waals surface area contributed by atoms with Gasteiger partial charge in [-0.2, -0.15) is 8.78 Å². The van der Waals surface area contributed by atoms with Crippen LogP contribution in [0.3, 0.4) is 0 Å². The summed E-state index contributed by atoms with van der Waals surface area (Å²) in [7, 11) is 1.33.